The fraction of sp³-hybridized carbons (Fsp3) is 0.0625. The predicted molar refractivity (Wildman–Crippen MR) is 95.0 cm³/mol. The summed E-state index contributed by atoms with van der Waals surface area (Å²) < 4.78 is 0. The van der Waals surface area contributed by atoms with Gasteiger partial charge in [-0.1, -0.05) is 35.5 Å². The average Bonchev–Trinajstić information content (AvgIpc) is 3.09. The molecule has 1 heterocycles. The van der Waals surface area contributed by atoms with Gasteiger partial charge in [0.05, 0.1) is 16.2 Å². The number of nitrogens with zero attached hydrogens (tertiary/aromatic N) is 3. The molecule has 1 N–H and O–H groups in total. The fourth-order valence-electron chi connectivity index (χ4n) is 2.11. The topological polar surface area (TPSA) is 102 Å². The smallest absolute Gasteiger partial charge is 0.280 e. The number of nitro groups is 1. The summed E-state index contributed by atoms with van der Waals surface area (Å²) in [6, 6.07) is 12.9. The van der Waals surface area contributed by atoms with Crippen LogP contribution in [-0.2, 0) is 0 Å². The van der Waals surface area contributed by atoms with Crippen molar-refractivity contribution in [2.75, 3.05) is 5.75 Å². The minimum absolute atomic E-state index is 0.0626. The molecule has 0 unspecified atom stereocenters. The number of nitrogens with one attached hydrogen (secondary N) is 1. The Balaban J connectivity index is 1.71. The third-order valence-corrected chi connectivity index (χ3v) is 4.42. The average molecular weight is 375 g/mol. The number of hydrogen-bond acceptors (Lipinski definition) is 6. The first kappa shape index (κ1) is 17.1. The largest absolute Gasteiger partial charge is 0.293 e. The molecule has 0 saturated heterocycles. The van der Waals surface area contributed by atoms with Crippen LogP contribution in [0.4, 0.5) is 5.69 Å². The van der Waals surface area contributed by atoms with Crippen molar-refractivity contribution >= 4 is 34.8 Å². The predicted octanol–water partition coefficient (Wildman–Crippen LogP) is 4.01. The highest BCUT2D eigenvalue weighted by molar-refractivity contribution is 7.99. The van der Waals surface area contributed by atoms with E-state index in [2.05, 4.69) is 15.2 Å². The first-order valence-electron chi connectivity index (χ1n) is 7.12. The van der Waals surface area contributed by atoms with Gasteiger partial charge in [0.25, 0.3) is 5.69 Å². The Hall–Kier alpha value is -2.71. The number of para-hydroxylation sites is 1. The Morgan fingerprint density at radius 2 is 1.92 bits per heavy atom. The molecule has 0 bridgehead atoms. The zero-order valence-electron chi connectivity index (χ0n) is 12.7. The fourth-order valence-corrected chi connectivity index (χ4v) is 2.93. The Labute approximate surface area is 151 Å². The van der Waals surface area contributed by atoms with Crippen LogP contribution in [0.25, 0.3) is 11.4 Å². The summed E-state index contributed by atoms with van der Waals surface area (Å²) >= 11 is 6.95. The number of carbonyl (C=O) groups is 1. The maximum Gasteiger partial charge on any atom is 0.280 e. The normalized spacial score (nSPS) is 10.6. The zero-order chi connectivity index (χ0) is 17.8. The number of thioether (sulfide) groups is 1. The van der Waals surface area contributed by atoms with Crippen LogP contribution in [0.2, 0.25) is 5.02 Å². The first-order valence-corrected chi connectivity index (χ1v) is 8.48. The SMILES string of the molecule is O=C(CSc1n[nH]c(-c2ccccc2[N+](=O)[O-])n1)c1ccc(Cl)cc1. The number of ketones is 1. The van der Waals surface area contributed by atoms with E-state index in [9.17, 15) is 14.9 Å². The standard InChI is InChI=1S/C16H11ClN4O3S/c17-11-7-5-10(6-8-11)14(22)9-25-16-18-15(19-20-16)12-3-1-2-4-13(12)21(23)24/h1-8H,9H2,(H,18,19,20). The van der Waals surface area contributed by atoms with Gasteiger partial charge in [0, 0.05) is 16.7 Å². The van der Waals surface area contributed by atoms with Crippen LogP contribution in [0, 0.1) is 10.1 Å². The molecule has 25 heavy (non-hydrogen) atoms. The molecule has 0 aliphatic carbocycles. The number of benzene rings is 2. The quantitative estimate of drug-likeness (QED) is 0.303. The Morgan fingerprint density at radius 1 is 1.20 bits per heavy atom. The number of aromatic amines is 1. The van der Waals surface area contributed by atoms with Crippen LogP contribution in [-0.4, -0.2) is 31.6 Å². The van der Waals surface area contributed by atoms with Crippen molar-refractivity contribution in [2.24, 2.45) is 0 Å². The summed E-state index contributed by atoms with van der Waals surface area (Å²) in [5, 5.41) is 18.7. The molecule has 2 aromatic carbocycles. The van der Waals surface area contributed by atoms with Crippen LogP contribution in [0.15, 0.2) is 53.7 Å². The second kappa shape index (κ2) is 7.45. The van der Waals surface area contributed by atoms with Crippen molar-refractivity contribution < 1.29 is 9.72 Å². The minimum Gasteiger partial charge on any atom is -0.293 e. The summed E-state index contributed by atoms with van der Waals surface area (Å²) in [6.07, 6.45) is 0. The van der Waals surface area contributed by atoms with Gasteiger partial charge in [0.15, 0.2) is 11.6 Å². The highest BCUT2D eigenvalue weighted by Gasteiger charge is 2.18. The lowest BCUT2D eigenvalue weighted by molar-refractivity contribution is -0.384. The molecule has 0 aliphatic rings. The molecule has 9 heteroatoms. The molecule has 0 saturated carbocycles. The van der Waals surface area contributed by atoms with Crippen LogP contribution < -0.4 is 0 Å². The van der Waals surface area contributed by atoms with Gasteiger partial charge in [-0.25, -0.2) is 4.98 Å². The molecule has 3 aromatic rings. The molecule has 0 spiro atoms. The number of nitro benzene ring substituents is 1. The summed E-state index contributed by atoms with van der Waals surface area (Å²) in [6.45, 7) is 0. The highest BCUT2D eigenvalue weighted by atomic mass is 35.5. The highest BCUT2D eigenvalue weighted by Crippen LogP contribution is 2.28. The number of Topliss-reactive ketones (excluding diaryl/α,β-unsaturated/α-hetero) is 1. The molecule has 0 fully saturated rings. The number of aromatic nitrogens is 3. The molecule has 1 aromatic heterocycles. The van der Waals surface area contributed by atoms with Crippen molar-refractivity contribution in [1.82, 2.24) is 15.2 Å². The van der Waals surface area contributed by atoms with Crippen molar-refractivity contribution in [3.8, 4) is 11.4 Å². The molecule has 126 valence electrons. The van der Waals surface area contributed by atoms with Crippen LogP contribution in [0.1, 0.15) is 10.4 Å². The lowest BCUT2D eigenvalue weighted by Gasteiger charge is -1.99. The summed E-state index contributed by atoms with van der Waals surface area (Å²) in [5.41, 5.74) is 0.828. The van der Waals surface area contributed by atoms with Gasteiger partial charge in [-0.2, -0.15) is 0 Å². The lowest BCUT2D eigenvalue weighted by atomic mass is 10.1. The molecule has 0 radical (unpaired) electrons. The summed E-state index contributed by atoms with van der Waals surface area (Å²) in [7, 11) is 0. The van der Waals surface area contributed by atoms with Gasteiger partial charge in [-0.15, -0.1) is 5.10 Å². The lowest BCUT2D eigenvalue weighted by Crippen LogP contribution is -2.02. The Bertz CT molecular complexity index is 927. The molecular formula is C16H11ClN4O3S. The van der Waals surface area contributed by atoms with E-state index in [1.54, 1.807) is 42.5 Å². The number of halogens is 1. The van der Waals surface area contributed by atoms with E-state index >= 15 is 0 Å². The van der Waals surface area contributed by atoms with E-state index in [4.69, 9.17) is 11.6 Å². The number of hydrogen-bond donors (Lipinski definition) is 1. The monoisotopic (exact) mass is 374 g/mol. The van der Waals surface area contributed by atoms with Crippen LogP contribution in [0.3, 0.4) is 0 Å². The van der Waals surface area contributed by atoms with Gasteiger partial charge < -0.3 is 0 Å². The Kier molecular flexibility index (Phi) is 5.11. The van der Waals surface area contributed by atoms with E-state index in [0.717, 1.165) is 11.8 Å². The first-order chi connectivity index (χ1) is 12.0. The van der Waals surface area contributed by atoms with Gasteiger partial charge in [-0.05, 0) is 30.3 Å². The van der Waals surface area contributed by atoms with Gasteiger partial charge in [0.1, 0.15) is 0 Å². The van der Waals surface area contributed by atoms with E-state index in [1.165, 1.54) is 6.07 Å². The Morgan fingerprint density at radius 3 is 2.64 bits per heavy atom. The van der Waals surface area contributed by atoms with Crippen LogP contribution >= 0.6 is 23.4 Å². The van der Waals surface area contributed by atoms with Gasteiger partial charge >= 0.3 is 0 Å². The summed E-state index contributed by atoms with van der Waals surface area (Å²) in [4.78, 5) is 27.0. The van der Waals surface area contributed by atoms with E-state index < -0.39 is 4.92 Å². The van der Waals surface area contributed by atoms with E-state index in [-0.39, 0.29) is 23.0 Å². The number of rotatable bonds is 6. The maximum atomic E-state index is 12.1. The summed E-state index contributed by atoms with van der Waals surface area (Å²) in [5.74, 6) is 0.350. The van der Waals surface area contributed by atoms with Crippen molar-refractivity contribution in [2.45, 2.75) is 5.16 Å². The molecular weight excluding hydrogens is 364 g/mol. The molecule has 0 atom stereocenters. The second-order valence-corrected chi connectivity index (χ2v) is 6.34. The number of carbonyl (C=O) groups excluding carboxylic acids is 1. The molecule has 0 aliphatic heterocycles. The van der Waals surface area contributed by atoms with Gasteiger partial charge in [0.2, 0.25) is 5.16 Å². The molecule has 3 rings (SSSR count). The zero-order valence-corrected chi connectivity index (χ0v) is 14.3. The van der Waals surface area contributed by atoms with Crippen LogP contribution in [0.5, 0.6) is 0 Å². The maximum absolute atomic E-state index is 12.1. The number of H-pyrrole nitrogens is 1. The third-order valence-electron chi connectivity index (χ3n) is 3.32. The van der Waals surface area contributed by atoms with Crippen molar-refractivity contribution in [3.63, 3.8) is 0 Å². The minimum atomic E-state index is -0.477. The third kappa shape index (κ3) is 4.04. The van der Waals surface area contributed by atoms with Crippen molar-refractivity contribution in [1.29, 1.82) is 0 Å². The van der Waals surface area contributed by atoms with E-state index in [1.807, 2.05) is 0 Å². The van der Waals surface area contributed by atoms with Gasteiger partial charge in [-0.3, -0.25) is 20.0 Å². The van der Waals surface area contributed by atoms with E-state index in [0.29, 0.717) is 21.3 Å². The molecule has 0 amide bonds. The molecule has 7 nitrogen and oxygen atoms in total. The van der Waals surface area contributed by atoms with Crippen molar-refractivity contribution in [3.05, 3.63) is 69.2 Å². The second-order valence-electron chi connectivity index (χ2n) is 4.96.